The van der Waals surface area contributed by atoms with Crippen LogP contribution in [-0.4, -0.2) is 63.5 Å². The quantitative estimate of drug-likeness (QED) is 0.699. The third kappa shape index (κ3) is 3.61. The Kier molecular flexibility index (Phi) is 5.30. The highest BCUT2D eigenvalue weighted by Crippen LogP contribution is 2.26. The van der Waals surface area contributed by atoms with Crippen LogP contribution in [-0.2, 0) is 27.3 Å². The Bertz CT molecular complexity index is 964. The first-order chi connectivity index (χ1) is 14.1. The Morgan fingerprint density at radius 1 is 1.24 bits per heavy atom. The van der Waals surface area contributed by atoms with Gasteiger partial charge in [0.15, 0.2) is 5.82 Å². The molecule has 2 aromatic rings. The Morgan fingerprint density at radius 3 is 2.76 bits per heavy atom. The lowest BCUT2D eigenvalue weighted by atomic mass is 10.1. The van der Waals surface area contributed by atoms with Gasteiger partial charge in [0.1, 0.15) is 11.5 Å². The van der Waals surface area contributed by atoms with Crippen LogP contribution in [0.1, 0.15) is 18.7 Å². The number of amides is 1. The van der Waals surface area contributed by atoms with Crippen molar-refractivity contribution in [1.29, 1.82) is 0 Å². The predicted octanol–water partition coefficient (Wildman–Crippen LogP) is 0.955. The lowest BCUT2D eigenvalue weighted by Crippen LogP contribution is -2.31. The number of hydrogen-bond donors (Lipinski definition) is 2. The van der Waals surface area contributed by atoms with E-state index in [1.54, 1.807) is 0 Å². The molecule has 4 rings (SSSR count). The van der Waals surface area contributed by atoms with Crippen molar-refractivity contribution in [3.63, 3.8) is 0 Å². The molecule has 9 heteroatoms. The van der Waals surface area contributed by atoms with Gasteiger partial charge >= 0.3 is 5.97 Å². The molecule has 1 aromatic heterocycles. The molecule has 1 aromatic carbocycles. The molecule has 0 bridgehead atoms. The number of hydrogen-bond acceptors (Lipinski definition) is 7. The van der Waals surface area contributed by atoms with E-state index in [0.29, 0.717) is 5.69 Å². The molecule has 0 saturated heterocycles. The maximum atomic E-state index is 12.6. The summed E-state index contributed by atoms with van der Waals surface area (Å²) in [6.45, 7) is 1.01. The minimum absolute atomic E-state index is 0.109. The molecule has 0 saturated carbocycles. The molecule has 3 heterocycles. The lowest BCUT2D eigenvalue weighted by molar-refractivity contribution is -0.136. The number of aliphatic hydroxyl groups excluding tert-OH is 1. The lowest BCUT2D eigenvalue weighted by Gasteiger charge is -2.15. The minimum Gasteiger partial charge on any atom is -0.466 e. The number of carbonyl (C=O) groups excluding carboxylic acids is 2. The van der Waals surface area contributed by atoms with E-state index >= 15 is 0 Å². The number of rotatable bonds is 6. The molecule has 2 aliphatic rings. The molecule has 0 radical (unpaired) electrons. The van der Waals surface area contributed by atoms with Crippen LogP contribution in [0.4, 0.5) is 5.69 Å². The highest BCUT2D eigenvalue weighted by atomic mass is 16.5. The number of aliphatic hydroxyl groups is 1. The largest absolute Gasteiger partial charge is 0.466 e. The zero-order valence-corrected chi connectivity index (χ0v) is 16.2. The van der Waals surface area contributed by atoms with E-state index < -0.39 is 5.97 Å². The first kappa shape index (κ1) is 19.1. The van der Waals surface area contributed by atoms with E-state index in [0.717, 1.165) is 43.0 Å². The van der Waals surface area contributed by atoms with Crippen LogP contribution in [0.2, 0.25) is 0 Å². The molecule has 0 spiro atoms. The second kappa shape index (κ2) is 8.04. The number of β-amino-alcohol motifs (C(OH)–C–C–N with tert-alkyl or cyclic N) is 1. The molecule has 0 fully saturated rings. The van der Waals surface area contributed by atoms with Gasteiger partial charge in [-0.2, -0.15) is 0 Å². The van der Waals surface area contributed by atoms with Gasteiger partial charge in [0, 0.05) is 30.8 Å². The number of aromatic nitrogens is 3. The standard InChI is InChI=1S/C20H23N5O4/c1-29-20(28)15-12-24(10-11-26)19(27)17(15)21-14-7-5-13(6-8-14)18-23-22-16-4-2-3-9-25(16)18/h5-8,21,26H,2-4,9-12H2,1H3. The highest BCUT2D eigenvalue weighted by Gasteiger charge is 2.34. The van der Waals surface area contributed by atoms with Crippen molar-refractivity contribution in [1.82, 2.24) is 19.7 Å². The number of anilines is 1. The zero-order chi connectivity index (χ0) is 20.4. The summed E-state index contributed by atoms with van der Waals surface area (Å²) >= 11 is 0. The molecule has 0 unspecified atom stereocenters. The third-order valence-corrected chi connectivity index (χ3v) is 5.23. The minimum atomic E-state index is -0.562. The van der Waals surface area contributed by atoms with Crippen molar-refractivity contribution >= 4 is 17.6 Å². The normalized spacial score (nSPS) is 16.2. The maximum Gasteiger partial charge on any atom is 0.337 e. The summed E-state index contributed by atoms with van der Waals surface area (Å²) in [6, 6.07) is 7.50. The van der Waals surface area contributed by atoms with Crippen LogP contribution in [0.5, 0.6) is 0 Å². The van der Waals surface area contributed by atoms with E-state index in [9.17, 15) is 9.59 Å². The molecule has 2 aliphatic heterocycles. The molecule has 152 valence electrons. The molecule has 0 atom stereocenters. The number of methoxy groups -OCH3 is 1. The van der Waals surface area contributed by atoms with Gasteiger partial charge in [0.2, 0.25) is 0 Å². The first-order valence-electron chi connectivity index (χ1n) is 9.63. The van der Waals surface area contributed by atoms with Crippen molar-refractivity contribution in [2.24, 2.45) is 0 Å². The van der Waals surface area contributed by atoms with Crippen LogP contribution in [0.3, 0.4) is 0 Å². The van der Waals surface area contributed by atoms with Gasteiger partial charge < -0.3 is 24.6 Å². The number of nitrogens with zero attached hydrogens (tertiary/aromatic N) is 4. The molecule has 2 N–H and O–H groups in total. The number of carbonyl (C=O) groups is 2. The summed E-state index contributed by atoms with van der Waals surface area (Å²) in [5, 5.41) is 20.8. The van der Waals surface area contributed by atoms with E-state index in [-0.39, 0.29) is 36.9 Å². The number of nitrogens with one attached hydrogen (secondary N) is 1. The SMILES string of the molecule is COC(=O)C1=C(Nc2ccc(-c3nnc4n3CCCC4)cc2)C(=O)N(CCO)C1. The Balaban J connectivity index is 1.57. The first-order valence-corrected chi connectivity index (χ1v) is 9.63. The number of esters is 1. The fourth-order valence-corrected chi connectivity index (χ4v) is 3.72. The van der Waals surface area contributed by atoms with Crippen LogP contribution >= 0.6 is 0 Å². The summed E-state index contributed by atoms with van der Waals surface area (Å²) < 4.78 is 6.95. The number of aryl methyl sites for hydroxylation is 1. The van der Waals surface area contributed by atoms with Crippen LogP contribution in [0.15, 0.2) is 35.5 Å². The van der Waals surface area contributed by atoms with Gasteiger partial charge in [-0.05, 0) is 37.1 Å². The van der Waals surface area contributed by atoms with E-state index in [2.05, 4.69) is 20.1 Å². The summed E-state index contributed by atoms with van der Waals surface area (Å²) in [5.41, 5.74) is 2.04. The molecule has 0 aliphatic carbocycles. The summed E-state index contributed by atoms with van der Waals surface area (Å²) in [6.07, 6.45) is 3.21. The van der Waals surface area contributed by atoms with E-state index in [1.165, 1.54) is 12.0 Å². The number of ether oxygens (including phenoxy) is 1. The van der Waals surface area contributed by atoms with Gasteiger partial charge in [0.25, 0.3) is 5.91 Å². The van der Waals surface area contributed by atoms with Crippen LogP contribution in [0, 0.1) is 0 Å². The van der Waals surface area contributed by atoms with Gasteiger partial charge in [-0.25, -0.2) is 4.79 Å². The van der Waals surface area contributed by atoms with Crippen LogP contribution in [0.25, 0.3) is 11.4 Å². The number of benzene rings is 1. The summed E-state index contributed by atoms with van der Waals surface area (Å²) in [4.78, 5) is 26.1. The maximum absolute atomic E-state index is 12.6. The van der Waals surface area contributed by atoms with E-state index in [4.69, 9.17) is 9.84 Å². The van der Waals surface area contributed by atoms with Gasteiger partial charge in [0.05, 0.1) is 25.8 Å². The average molecular weight is 397 g/mol. The molecular formula is C20H23N5O4. The molecule has 1 amide bonds. The molecule has 9 nitrogen and oxygen atoms in total. The fraction of sp³-hybridized carbons (Fsp3) is 0.400. The highest BCUT2D eigenvalue weighted by molar-refractivity contribution is 6.08. The average Bonchev–Trinajstić information content (AvgIpc) is 3.31. The van der Waals surface area contributed by atoms with Crippen molar-refractivity contribution in [2.45, 2.75) is 25.8 Å². The third-order valence-electron chi connectivity index (χ3n) is 5.23. The predicted molar refractivity (Wildman–Crippen MR) is 105 cm³/mol. The van der Waals surface area contributed by atoms with Crippen molar-refractivity contribution in [3.8, 4) is 11.4 Å². The molecular weight excluding hydrogens is 374 g/mol. The van der Waals surface area contributed by atoms with Gasteiger partial charge in [-0.3, -0.25) is 4.79 Å². The van der Waals surface area contributed by atoms with Crippen molar-refractivity contribution in [2.75, 3.05) is 32.1 Å². The monoisotopic (exact) mass is 397 g/mol. The molecule has 29 heavy (non-hydrogen) atoms. The summed E-state index contributed by atoms with van der Waals surface area (Å²) in [7, 11) is 1.28. The van der Waals surface area contributed by atoms with Crippen LogP contribution < -0.4 is 5.32 Å². The van der Waals surface area contributed by atoms with Gasteiger partial charge in [-0.1, -0.05) is 0 Å². The Morgan fingerprint density at radius 2 is 2.03 bits per heavy atom. The van der Waals surface area contributed by atoms with E-state index in [1.807, 2.05) is 24.3 Å². The smallest absolute Gasteiger partial charge is 0.337 e. The summed E-state index contributed by atoms with van der Waals surface area (Å²) in [5.74, 6) is 0.955. The Labute approximate surface area is 168 Å². The van der Waals surface area contributed by atoms with Crippen molar-refractivity contribution in [3.05, 3.63) is 41.4 Å². The van der Waals surface area contributed by atoms with Gasteiger partial charge in [-0.15, -0.1) is 10.2 Å². The second-order valence-electron chi connectivity index (χ2n) is 7.05. The Hall–Kier alpha value is -3.20. The second-order valence-corrected chi connectivity index (χ2v) is 7.05. The zero-order valence-electron chi connectivity index (χ0n) is 16.2. The van der Waals surface area contributed by atoms with Crippen molar-refractivity contribution < 1.29 is 19.4 Å². The fourth-order valence-electron chi connectivity index (χ4n) is 3.72. The number of fused-ring (bicyclic) bond motifs is 1. The topological polar surface area (TPSA) is 110 Å².